The van der Waals surface area contributed by atoms with Crippen molar-refractivity contribution < 1.29 is 0 Å². The van der Waals surface area contributed by atoms with Crippen molar-refractivity contribution in [1.82, 2.24) is 9.55 Å². The summed E-state index contributed by atoms with van der Waals surface area (Å²) in [4.78, 5) is 4.04. The number of imidazole rings is 1. The van der Waals surface area contributed by atoms with Crippen molar-refractivity contribution in [3.05, 3.63) is 18.2 Å². The van der Waals surface area contributed by atoms with Crippen LogP contribution in [0.4, 0.5) is 0 Å². The van der Waals surface area contributed by atoms with Gasteiger partial charge >= 0.3 is 0 Å². The number of hydrogen-bond donors (Lipinski definition) is 2. The standard InChI is InChI=1S/C9H16N4/c1-7(2)5-13-6-12-4-8(13)3-9(10)11/h4,6-7H,3,5H2,1-2H3,(H3,10,11). The van der Waals surface area contributed by atoms with Crippen LogP contribution in [-0.4, -0.2) is 15.4 Å². The Morgan fingerprint density at radius 3 is 2.92 bits per heavy atom. The summed E-state index contributed by atoms with van der Waals surface area (Å²) >= 11 is 0. The molecule has 1 aromatic heterocycles. The van der Waals surface area contributed by atoms with Crippen molar-refractivity contribution in [3.8, 4) is 0 Å². The molecule has 0 unspecified atom stereocenters. The van der Waals surface area contributed by atoms with E-state index in [4.69, 9.17) is 11.1 Å². The third kappa shape index (κ3) is 2.89. The molecule has 1 heterocycles. The molecule has 0 radical (unpaired) electrons. The Bertz CT molecular complexity index is 288. The van der Waals surface area contributed by atoms with E-state index in [9.17, 15) is 0 Å². The Morgan fingerprint density at radius 2 is 2.38 bits per heavy atom. The molecule has 1 rings (SSSR count). The smallest absolute Gasteiger partial charge is 0.0965 e. The lowest BCUT2D eigenvalue weighted by Gasteiger charge is -2.09. The summed E-state index contributed by atoms with van der Waals surface area (Å²) in [6, 6.07) is 0. The topological polar surface area (TPSA) is 67.7 Å². The molecule has 0 aromatic carbocycles. The zero-order valence-corrected chi connectivity index (χ0v) is 8.12. The molecule has 0 saturated carbocycles. The molecule has 0 amide bonds. The van der Waals surface area contributed by atoms with E-state index in [1.54, 1.807) is 12.5 Å². The quantitative estimate of drug-likeness (QED) is 0.536. The summed E-state index contributed by atoms with van der Waals surface area (Å²) in [5, 5.41) is 7.19. The SMILES string of the molecule is CC(C)Cn1cncc1CC(=N)N. The first kappa shape index (κ1) is 9.77. The van der Waals surface area contributed by atoms with Crippen LogP contribution in [0.2, 0.25) is 0 Å². The predicted octanol–water partition coefficient (Wildman–Crippen LogP) is 1.02. The molecule has 3 N–H and O–H groups in total. The van der Waals surface area contributed by atoms with Crippen molar-refractivity contribution in [2.75, 3.05) is 0 Å². The molecule has 0 aliphatic heterocycles. The van der Waals surface area contributed by atoms with Gasteiger partial charge in [-0.25, -0.2) is 4.98 Å². The Labute approximate surface area is 78.3 Å². The van der Waals surface area contributed by atoms with E-state index in [0.29, 0.717) is 12.3 Å². The van der Waals surface area contributed by atoms with E-state index >= 15 is 0 Å². The summed E-state index contributed by atoms with van der Waals surface area (Å²) in [5.74, 6) is 0.769. The number of aromatic nitrogens is 2. The molecule has 0 aliphatic rings. The van der Waals surface area contributed by atoms with Gasteiger partial charge in [-0.2, -0.15) is 0 Å². The number of nitrogens with zero attached hydrogens (tertiary/aromatic N) is 2. The van der Waals surface area contributed by atoms with Crippen molar-refractivity contribution in [2.45, 2.75) is 26.8 Å². The highest BCUT2D eigenvalue weighted by atomic mass is 15.0. The Morgan fingerprint density at radius 1 is 1.69 bits per heavy atom. The lowest BCUT2D eigenvalue weighted by Crippen LogP contribution is -2.16. The monoisotopic (exact) mass is 180 g/mol. The minimum atomic E-state index is 0.186. The molecule has 0 saturated heterocycles. The highest BCUT2D eigenvalue weighted by Crippen LogP contribution is 2.04. The van der Waals surface area contributed by atoms with Crippen LogP contribution in [0.15, 0.2) is 12.5 Å². The van der Waals surface area contributed by atoms with Crippen molar-refractivity contribution in [2.24, 2.45) is 11.7 Å². The highest BCUT2D eigenvalue weighted by Gasteiger charge is 2.04. The molecule has 0 bridgehead atoms. The molecule has 72 valence electrons. The van der Waals surface area contributed by atoms with Gasteiger partial charge in [0, 0.05) is 24.9 Å². The van der Waals surface area contributed by atoms with E-state index in [0.717, 1.165) is 12.2 Å². The number of nitrogens with two attached hydrogens (primary N) is 1. The minimum absolute atomic E-state index is 0.186. The first-order chi connectivity index (χ1) is 6.09. The Balaban J connectivity index is 2.71. The summed E-state index contributed by atoms with van der Waals surface area (Å²) < 4.78 is 2.05. The Kier molecular flexibility index (Phi) is 3.06. The van der Waals surface area contributed by atoms with Crippen LogP contribution in [0.3, 0.4) is 0 Å². The second kappa shape index (κ2) is 4.07. The molecule has 13 heavy (non-hydrogen) atoms. The zero-order chi connectivity index (χ0) is 9.84. The molecule has 0 spiro atoms. The number of amidine groups is 1. The number of hydrogen-bond acceptors (Lipinski definition) is 2. The van der Waals surface area contributed by atoms with Crippen LogP contribution >= 0.6 is 0 Å². The first-order valence-corrected chi connectivity index (χ1v) is 4.41. The van der Waals surface area contributed by atoms with Gasteiger partial charge in [-0.3, -0.25) is 5.41 Å². The minimum Gasteiger partial charge on any atom is -0.387 e. The van der Waals surface area contributed by atoms with E-state index in [1.807, 2.05) is 4.57 Å². The van der Waals surface area contributed by atoms with E-state index in [2.05, 4.69) is 18.8 Å². The van der Waals surface area contributed by atoms with Gasteiger partial charge in [-0.05, 0) is 5.92 Å². The number of nitrogens with one attached hydrogen (secondary N) is 1. The van der Waals surface area contributed by atoms with Crippen molar-refractivity contribution >= 4 is 5.84 Å². The Hall–Kier alpha value is -1.32. The van der Waals surface area contributed by atoms with E-state index in [1.165, 1.54) is 0 Å². The van der Waals surface area contributed by atoms with Gasteiger partial charge < -0.3 is 10.3 Å². The fraction of sp³-hybridized carbons (Fsp3) is 0.556. The number of rotatable bonds is 4. The second-order valence-corrected chi connectivity index (χ2v) is 3.63. The fourth-order valence-electron chi connectivity index (χ4n) is 1.25. The van der Waals surface area contributed by atoms with Gasteiger partial charge in [0.2, 0.25) is 0 Å². The maximum absolute atomic E-state index is 7.19. The maximum Gasteiger partial charge on any atom is 0.0965 e. The molecular formula is C9H16N4. The van der Waals surface area contributed by atoms with Gasteiger partial charge in [0.25, 0.3) is 0 Å². The summed E-state index contributed by atoms with van der Waals surface area (Å²) in [6.45, 7) is 5.23. The molecule has 1 aromatic rings. The molecule has 4 heteroatoms. The van der Waals surface area contributed by atoms with Crippen LogP contribution in [0, 0.1) is 11.3 Å². The molecule has 0 fully saturated rings. The van der Waals surface area contributed by atoms with Gasteiger partial charge in [0.1, 0.15) is 0 Å². The van der Waals surface area contributed by atoms with Gasteiger partial charge in [0.05, 0.1) is 12.2 Å². The summed E-state index contributed by atoms with van der Waals surface area (Å²) in [6.07, 6.45) is 4.05. The van der Waals surface area contributed by atoms with Gasteiger partial charge in [0.15, 0.2) is 0 Å². The first-order valence-electron chi connectivity index (χ1n) is 4.41. The van der Waals surface area contributed by atoms with Crippen LogP contribution in [0.25, 0.3) is 0 Å². The third-order valence-corrected chi connectivity index (χ3v) is 1.73. The normalized spacial score (nSPS) is 10.7. The second-order valence-electron chi connectivity index (χ2n) is 3.63. The zero-order valence-electron chi connectivity index (χ0n) is 8.12. The summed E-state index contributed by atoms with van der Waals surface area (Å²) in [7, 11) is 0. The maximum atomic E-state index is 7.19. The molecule has 0 atom stereocenters. The van der Waals surface area contributed by atoms with Crippen LogP contribution < -0.4 is 5.73 Å². The van der Waals surface area contributed by atoms with Crippen LogP contribution in [0.1, 0.15) is 19.5 Å². The van der Waals surface area contributed by atoms with Gasteiger partial charge in [-0.15, -0.1) is 0 Å². The lowest BCUT2D eigenvalue weighted by atomic mass is 10.2. The average molecular weight is 180 g/mol. The fourth-order valence-corrected chi connectivity index (χ4v) is 1.25. The average Bonchev–Trinajstić information content (AvgIpc) is 2.34. The van der Waals surface area contributed by atoms with Gasteiger partial charge in [-0.1, -0.05) is 13.8 Å². The molecule has 0 aliphatic carbocycles. The third-order valence-electron chi connectivity index (χ3n) is 1.73. The lowest BCUT2D eigenvalue weighted by molar-refractivity contribution is 0.513. The summed E-state index contributed by atoms with van der Waals surface area (Å²) in [5.41, 5.74) is 6.34. The van der Waals surface area contributed by atoms with Crippen molar-refractivity contribution in [1.29, 1.82) is 5.41 Å². The molecule has 4 nitrogen and oxygen atoms in total. The van der Waals surface area contributed by atoms with E-state index in [-0.39, 0.29) is 5.84 Å². The van der Waals surface area contributed by atoms with Crippen molar-refractivity contribution in [3.63, 3.8) is 0 Å². The van der Waals surface area contributed by atoms with Crippen LogP contribution in [-0.2, 0) is 13.0 Å². The highest BCUT2D eigenvalue weighted by molar-refractivity contribution is 5.78. The van der Waals surface area contributed by atoms with Crippen LogP contribution in [0.5, 0.6) is 0 Å². The van der Waals surface area contributed by atoms with E-state index < -0.39 is 0 Å². The largest absolute Gasteiger partial charge is 0.387 e. The molecular weight excluding hydrogens is 164 g/mol. The predicted molar refractivity (Wildman–Crippen MR) is 52.7 cm³/mol.